The Labute approximate surface area is 255 Å². The predicted molar refractivity (Wildman–Crippen MR) is 174 cm³/mol. The van der Waals surface area contributed by atoms with Crippen molar-refractivity contribution in [2.24, 2.45) is 0 Å². The van der Waals surface area contributed by atoms with Crippen molar-refractivity contribution in [1.29, 1.82) is 0 Å². The zero-order valence-corrected chi connectivity index (χ0v) is 26.1. The smallest absolute Gasteiger partial charge is 0.321 e. The molecule has 2 aromatic carbocycles. The Kier molecular flexibility index (Phi) is 9.84. The van der Waals surface area contributed by atoms with E-state index in [0.29, 0.717) is 26.2 Å². The maximum Gasteiger partial charge on any atom is 0.321 e. The summed E-state index contributed by atoms with van der Waals surface area (Å²) in [4.78, 5) is 44.7. The average molecular weight is 587 g/mol. The van der Waals surface area contributed by atoms with Crippen LogP contribution in [0.3, 0.4) is 0 Å². The highest BCUT2D eigenvalue weighted by Gasteiger charge is 2.27. The molecule has 10 heteroatoms. The Hall–Kier alpha value is -4.08. The third kappa shape index (κ3) is 6.95. The molecule has 230 valence electrons. The first-order valence-corrected chi connectivity index (χ1v) is 15.8. The lowest BCUT2D eigenvalue weighted by Crippen LogP contribution is -2.51. The first-order chi connectivity index (χ1) is 21.0. The first-order valence-electron chi connectivity index (χ1n) is 15.8. The highest BCUT2D eigenvalue weighted by molar-refractivity contribution is 5.90. The number of benzene rings is 2. The van der Waals surface area contributed by atoms with Crippen molar-refractivity contribution in [1.82, 2.24) is 24.7 Å². The number of hydrogen-bond acceptors (Lipinski definition) is 6. The normalized spacial score (nSPS) is 17.5. The summed E-state index contributed by atoms with van der Waals surface area (Å²) in [6.45, 7) is 10.6. The number of carbonyl (C=O) groups is 2. The van der Waals surface area contributed by atoms with E-state index >= 15 is 0 Å². The van der Waals surface area contributed by atoms with Crippen LogP contribution in [0.1, 0.15) is 51.1 Å². The van der Waals surface area contributed by atoms with Crippen molar-refractivity contribution in [3.8, 4) is 0 Å². The summed E-state index contributed by atoms with van der Waals surface area (Å²) < 4.78 is 0. The van der Waals surface area contributed by atoms with Gasteiger partial charge in [0.25, 0.3) is 0 Å². The van der Waals surface area contributed by atoms with E-state index in [1.165, 1.54) is 18.5 Å². The second-order valence-corrected chi connectivity index (χ2v) is 11.5. The van der Waals surface area contributed by atoms with Gasteiger partial charge in [-0.1, -0.05) is 13.8 Å². The van der Waals surface area contributed by atoms with E-state index in [0.717, 1.165) is 67.0 Å². The highest BCUT2D eigenvalue weighted by atomic mass is 16.2. The Morgan fingerprint density at radius 1 is 0.767 bits per heavy atom. The minimum Gasteiger partial charge on any atom is -0.372 e. The molecule has 6 rings (SSSR count). The maximum atomic E-state index is 13.0. The van der Waals surface area contributed by atoms with Crippen LogP contribution in [0.2, 0.25) is 0 Å². The van der Waals surface area contributed by atoms with Crippen molar-refractivity contribution >= 4 is 40.0 Å². The first kappa shape index (κ1) is 30.4. The molecule has 4 heterocycles. The van der Waals surface area contributed by atoms with Gasteiger partial charge in [-0.3, -0.25) is 0 Å². The second-order valence-electron chi connectivity index (χ2n) is 11.5. The van der Waals surface area contributed by atoms with Gasteiger partial charge in [0.2, 0.25) is 0 Å². The van der Waals surface area contributed by atoms with Gasteiger partial charge in [0.05, 0.1) is 11.2 Å². The Morgan fingerprint density at radius 3 is 2.05 bits per heavy atom. The van der Waals surface area contributed by atoms with Crippen LogP contribution in [0.5, 0.6) is 0 Å². The number of rotatable bonds is 4. The number of amides is 4. The molecular weight excluding hydrogens is 540 g/mol. The van der Waals surface area contributed by atoms with Crippen molar-refractivity contribution in [2.45, 2.75) is 45.4 Å². The number of aromatic nitrogens is 2. The number of piperidine rings is 1. The molecule has 43 heavy (non-hydrogen) atoms. The summed E-state index contributed by atoms with van der Waals surface area (Å²) in [7, 11) is 3.59. The van der Waals surface area contributed by atoms with E-state index in [1.807, 2.05) is 35.8 Å². The lowest BCUT2D eigenvalue weighted by atomic mass is 9.91. The van der Waals surface area contributed by atoms with Gasteiger partial charge in [-0.15, -0.1) is 0 Å². The summed E-state index contributed by atoms with van der Waals surface area (Å²) in [5.41, 5.74) is 5.20. The van der Waals surface area contributed by atoms with E-state index < -0.39 is 0 Å². The molecule has 0 bridgehead atoms. The van der Waals surface area contributed by atoms with Gasteiger partial charge < -0.3 is 29.8 Å². The minimum atomic E-state index is -0.0399. The lowest BCUT2D eigenvalue weighted by Gasteiger charge is -2.37. The molecule has 0 spiro atoms. The maximum absolute atomic E-state index is 13.0. The molecule has 4 amide bonds. The molecule has 1 aromatic heterocycles. The zero-order chi connectivity index (χ0) is 30.3. The van der Waals surface area contributed by atoms with Crippen LogP contribution in [0, 0.1) is 0 Å². The molecule has 0 atom stereocenters. The number of piperazine rings is 1. The van der Waals surface area contributed by atoms with E-state index in [4.69, 9.17) is 4.98 Å². The largest absolute Gasteiger partial charge is 0.372 e. The van der Waals surface area contributed by atoms with Gasteiger partial charge in [-0.05, 0) is 68.1 Å². The van der Waals surface area contributed by atoms with Crippen LogP contribution >= 0.6 is 0 Å². The third-order valence-corrected chi connectivity index (χ3v) is 8.71. The van der Waals surface area contributed by atoms with Crippen LogP contribution in [0.15, 0.2) is 48.8 Å². The summed E-state index contributed by atoms with van der Waals surface area (Å²) in [5, 5.41) is 4.16. The van der Waals surface area contributed by atoms with E-state index in [-0.39, 0.29) is 18.0 Å². The summed E-state index contributed by atoms with van der Waals surface area (Å²) in [6, 6.07) is 14.7. The van der Waals surface area contributed by atoms with Gasteiger partial charge >= 0.3 is 12.1 Å². The lowest BCUT2D eigenvalue weighted by molar-refractivity contribution is 0.168. The number of likely N-dealkylation sites (tertiary alicyclic amines) is 1. The van der Waals surface area contributed by atoms with E-state index in [1.54, 1.807) is 25.3 Å². The molecule has 0 unspecified atom stereocenters. The van der Waals surface area contributed by atoms with Gasteiger partial charge in [0.15, 0.2) is 0 Å². The monoisotopic (exact) mass is 586 g/mol. The van der Waals surface area contributed by atoms with Gasteiger partial charge in [0, 0.05) is 94.8 Å². The quantitative estimate of drug-likeness (QED) is 0.436. The fraction of sp³-hybridized carbons (Fsp3) is 0.515. The Morgan fingerprint density at radius 2 is 1.40 bits per heavy atom. The van der Waals surface area contributed by atoms with Crippen molar-refractivity contribution in [2.75, 3.05) is 81.6 Å². The molecule has 3 aromatic rings. The second kappa shape index (κ2) is 13.9. The molecule has 0 aliphatic carbocycles. The predicted octanol–water partition coefficient (Wildman–Crippen LogP) is 5.47. The van der Waals surface area contributed by atoms with Crippen molar-refractivity contribution in [3.63, 3.8) is 0 Å². The molecule has 0 radical (unpaired) electrons. The molecule has 3 fully saturated rings. The SMILES string of the molecule is CC.CN(C)C(=O)N1CCN(c2ccc3c(C4CCN(C(=O)Nc5ccc(N6CCCC6)cc5)CC4)ncnc3c2)CC1. The molecule has 1 N–H and O–H groups in total. The fourth-order valence-corrected chi connectivity index (χ4v) is 6.32. The van der Waals surface area contributed by atoms with Crippen molar-refractivity contribution in [3.05, 3.63) is 54.5 Å². The average Bonchev–Trinajstić information content (AvgIpc) is 3.60. The van der Waals surface area contributed by atoms with Crippen LogP contribution in [-0.2, 0) is 0 Å². The molecule has 0 saturated carbocycles. The number of carbonyl (C=O) groups excluding carboxylic acids is 2. The third-order valence-electron chi connectivity index (χ3n) is 8.71. The number of urea groups is 2. The molecule has 3 aliphatic heterocycles. The van der Waals surface area contributed by atoms with Gasteiger partial charge in [-0.25, -0.2) is 19.6 Å². The standard InChI is InChI=1S/C31H40N8O2.C2H6/c1-35(2)31(41)39-19-17-37(18-20-39)26-9-10-27-28(21-26)32-22-33-29(27)23-11-15-38(16-12-23)30(40)34-24-5-7-25(8-6-24)36-13-3-4-14-36;1-2/h5-10,21-23H,3-4,11-20H2,1-2H3,(H,34,40);1-2H3. The number of nitrogens with one attached hydrogen (secondary N) is 1. The summed E-state index contributed by atoms with van der Waals surface area (Å²) in [5.74, 6) is 0.288. The highest BCUT2D eigenvalue weighted by Crippen LogP contribution is 2.33. The van der Waals surface area contributed by atoms with Crippen LogP contribution in [0.4, 0.5) is 26.7 Å². The molecule has 3 saturated heterocycles. The van der Waals surface area contributed by atoms with Crippen LogP contribution in [-0.4, -0.2) is 103 Å². The molecule has 10 nitrogen and oxygen atoms in total. The van der Waals surface area contributed by atoms with Crippen LogP contribution in [0.25, 0.3) is 10.9 Å². The van der Waals surface area contributed by atoms with Gasteiger partial charge in [0.1, 0.15) is 6.33 Å². The summed E-state index contributed by atoms with van der Waals surface area (Å²) >= 11 is 0. The minimum absolute atomic E-state index is 0.0399. The fourth-order valence-electron chi connectivity index (χ4n) is 6.32. The summed E-state index contributed by atoms with van der Waals surface area (Å²) in [6.07, 6.45) is 5.91. The number of anilines is 3. The number of hydrogen-bond donors (Lipinski definition) is 1. The zero-order valence-electron chi connectivity index (χ0n) is 26.1. The topological polar surface area (TPSA) is 88.2 Å². The Bertz CT molecular complexity index is 1370. The molecule has 3 aliphatic rings. The number of fused-ring (bicyclic) bond motifs is 1. The molecular formula is C33H46N8O2. The van der Waals surface area contributed by atoms with Gasteiger partial charge in [-0.2, -0.15) is 0 Å². The Balaban J connectivity index is 0.00000180. The van der Waals surface area contributed by atoms with Crippen molar-refractivity contribution < 1.29 is 9.59 Å². The van der Waals surface area contributed by atoms with Crippen LogP contribution < -0.4 is 15.1 Å². The number of nitrogens with zero attached hydrogens (tertiary/aromatic N) is 7. The van der Waals surface area contributed by atoms with E-state index in [2.05, 4.69) is 50.4 Å². The van der Waals surface area contributed by atoms with E-state index in [9.17, 15) is 9.59 Å².